The number of benzene rings is 1. The molecule has 1 aromatic carbocycles. The van der Waals surface area contributed by atoms with Crippen LogP contribution in [0, 0.1) is 11.8 Å². The summed E-state index contributed by atoms with van der Waals surface area (Å²) in [7, 11) is 0. The molecule has 2 atom stereocenters. The van der Waals surface area contributed by atoms with E-state index >= 15 is 0 Å². The van der Waals surface area contributed by atoms with Crippen LogP contribution in [0.2, 0.25) is 0 Å². The fourth-order valence-corrected chi connectivity index (χ4v) is 3.06. The molecule has 0 amide bonds. The molecule has 4 heteroatoms. The van der Waals surface area contributed by atoms with E-state index in [1.165, 1.54) is 25.7 Å². The fourth-order valence-electron chi connectivity index (χ4n) is 2.80. The summed E-state index contributed by atoms with van der Waals surface area (Å²) in [5.74, 6) is 2.17. The lowest BCUT2D eigenvalue weighted by molar-refractivity contribution is 0.0446. The highest BCUT2D eigenvalue weighted by Gasteiger charge is 2.23. The first kappa shape index (κ1) is 15.8. The Kier molecular flexibility index (Phi) is 6.83. The van der Waals surface area contributed by atoms with Crippen molar-refractivity contribution in [2.75, 3.05) is 26.4 Å². The topological polar surface area (TPSA) is 44.5 Å². The van der Waals surface area contributed by atoms with E-state index in [0.29, 0.717) is 25.0 Å². The van der Waals surface area contributed by atoms with Crippen molar-refractivity contribution in [2.45, 2.75) is 25.7 Å². The van der Waals surface area contributed by atoms with Gasteiger partial charge in [-0.05, 0) is 55.5 Å². The number of rotatable bonds is 7. The summed E-state index contributed by atoms with van der Waals surface area (Å²) in [5.41, 5.74) is 5.83. The van der Waals surface area contributed by atoms with Crippen LogP contribution in [0.25, 0.3) is 0 Å². The van der Waals surface area contributed by atoms with Gasteiger partial charge in [0.25, 0.3) is 0 Å². The predicted molar refractivity (Wildman–Crippen MR) is 85.0 cm³/mol. The van der Waals surface area contributed by atoms with Crippen molar-refractivity contribution >= 4 is 15.9 Å². The Balaban J connectivity index is 1.60. The maximum absolute atomic E-state index is 5.83. The zero-order valence-electron chi connectivity index (χ0n) is 11.9. The molecule has 1 aromatic rings. The monoisotopic (exact) mass is 341 g/mol. The fraction of sp³-hybridized carbons (Fsp3) is 0.625. The second-order valence-corrected chi connectivity index (χ2v) is 6.33. The zero-order chi connectivity index (χ0) is 14.2. The molecule has 0 aliphatic heterocycles. The molecule has 1 aliphatic carbocycles. The van der Waals surface area contributed by atoms with Crippen LogP contribution in [0.15, 0.2) is 28.7 Å². The number of hydrogen-bond donors (Lipinski definition) is 1. The van der Waals surface area contributed by atoms with Crippen LogP contribution in [0.3, 0.4) is 0 Å². The first-order valence-electron chi connectivity index (χ1n) is 7.46. The summed E-state index contributed by atoms with van der Waals surface area (Å²) >= 11 is 3.40. The van der Waals surface area contributed by atoms with E-state index in [1.54, 1.807) is 0 Å². The van der Waals surface area contributed by atoms with Gasteiger partial charge in [-0.15, -0.1) is 0 Å². The Labute approximate surface area is 130 Å². The van der Waals surface area contributed by atoms with Crippen molar-refractivity contribution in [3.8, 4) is 5.75 Å². The van der Waals surface area contributed by atoms with Gasteiger partial charge in [-0.2, -0.15) is 0 Å². The Bertz CT molecular complexity index is 383. The summed E-state index contributed by atoms with van der Waals surface area (Å²) in [6.07, 6.45) is 5.17. The van der Waals surface area contributed by atoms with Crippen molar-refractivity contribution in [2.24, 2.45) is 17.6 Å². The largest absolute Gasteiger partial charge is 0.491 e. The quantitative estimate of drug-likeness (QED) is 0.770. The third-order valence-electron chi connectivity index (χ3n) is 4.01. The maximum Gasteiger partial charge on any atom is 0.119 e. The average molecular weight is 342 g/mol. The SMILES string of the molecule is NCC1CCCCC1COCCOc1ccc(Br)cc1. The number of nitrogens with two attached hydrogens (primary N) is 1. The van der Waals surface area contributed by atoms with Crippen LogP contribution in [0.4, 0.5) is 0 Å². The van der Waals surface area contributed by atoms with Gasteiger partial charge in [0.1, 0.15) is 12.4 Å². The molecule has 2 N–H and O–H groups in total. The molecule has 1 saturated carbocycles. The van der Waals surface area contributed by atoms with Gasteiger partial charge in [-0.25, -0.2) is 0 Å². The maximum atomic E-state index is 5.83. The molecule has 0 radical (unpaired) electrons. The highest BCUT2D eigenvalue weighted by molar-refractivity contribution is 9.10. The molecule has 0 aromatic heterocycles. The van der Waals surface area contributed by atoms with Crippen LogP contribution in [0.5, 0.6) is 5.75 Å². The predicted octanol–water partition coefficient (Wildman–Crippen LogP) is 3.61. The van der Waals surface area contributed by atoms with Crippen molar-refractivity contribution in [3.63, 3.8) is 0 Å². The molecule has 20 heavy (non-hydrogen) atoms. The lowest BCUT2D eigenvalue weighted by Crippen LogP contribution is -2.30. The second-order valence-electron chi connectivity index (χ2n) is 5.42. The molecule has 0 heterocycles. The third kappa shape index (κ3) is 5.08. The molecule has 1 fully saturated rings. The van der Waals surface area contributed by atoms with Crippen molar-refractivity contribution in [1.29, 1.82) is 0 Å². The summed E-state index contributed by atoms with van der Waals surface area (Å²) in [4.78, 5) is 0. The molecule has 0 bridgehead atoms. The minimum atomic E-state index is 0.599. The molecular weight excluding hydrogens is 318 g/mol. The molecule has 112 valence electrons. The van der Waals surface area contributed by atoms with Gasteiger partial charge in [0.15, 0.2) is 0 Å². The summed E-state index contributed by atoms with van der Waals surface area (Å²) in [5, 5.41) is 0. The Hall–Kier alpha value is -0.580. The van der Waals surface area contributed by atoms with Crippen LogP contribution in [-0.2, 0) is 4.74 Å². The normalized spacial score (nSPS) is 22.7. The summed E-state index contributed by atoms with van der Waals surface area (Å²) in [6.45, 7) is 2.86. The highest BCUT2D eigenvalue weighted by atomic mass is 79.9. The van der Waals surface area contributed by atoms with Gasteiger partial charge in [0, 0.05) is 11.1 Å². The lowest BCUT2D eigenvalue weighted by atomic mass is 9.80. The smallest absolute Gasteiger partial charge is 0.119 e. The zero-order valence-corrected chi connectivity index (χ0v) is 13.5. The molecule has 2 rings (SSSR count). The minimum absolute atomic E-state index is 0.599. The van der Waals surface area contributed by atoms with Crippen LogP contribution in [-0.4, -0.2) is 26.4 Å². The van der Waals surface area contributed by atoms with Crippen molar-refractivity contribution < 1.29 is 9.47 Å². The van der Waals surface area contributed by atoms with Gasteiger partial charge in [0.2, 0.25) is 0 Å². The van der Waals surface area contributed by atoms with E-state index in [0.717, 1.165) is 23.4 Å². The molecule has 0 spiro atoms. The van der Waals surface area contributed by atoms with Crippen LogP contribution >= 0.6 is 15.9 Å². The van der Waals surface area contributed by atoms with Crippen LogP contribution < -0.4 is 10.5 Å². The minimum Gasteiger partial charge on any atom is -0.491 e. The first-order chi connectivity index (χ1) is 9.79. The van der Waals surface area contributed by atoms with E-state index in [2.05, 4.69) is 15.9 Å². The molecule has 3 nitrogen and oxygen atoms in total. The van der Waals surface area contributed by atoms with Crippen molar-refractivity contribution in [3.05, 3.63) is 28.7 Å². The van der Waals surface area contributed by atoms with Gasteiger partial charge in [-0.3, -0.25) is 0 Å². The van der Waals surface area contributed by atoms with Gasteiger partial charge < -0.3 is 15.2 Å². The Morgan fingerprint density at radius 1 is 1.05 bits per heavy atom. The van der Waals surface area contributed by atoms with Gasteiger partial charge >= 0.3 is 0 Å². The number of ether oxygens (including phenoxy) is 2. The summed E-state index contributed by atoms with van der Waals surface area (Å²) < 4.78 is 12.5. The van der Waals surface area contributed by atoms with Crippen molar-refractivity contribution in [1.82, 2.24) is 0 Å². The first-order valence-corrected chi connectivity index (χ1v) is 8.25. The van der Waals surface area contributed by atoms with E-state index < -0.39 is 0 Å². The van der Waals surface area contributed by atoms with E-state index in [-0.39, 0.29) is 0 Å². The Morgan fingerprint density at radius 3 is 2.45 bits per heavy atom. The molecular formula is C16H24BrNO2. The van der Waals surface area contributed by atoms with E-state index in [4.69, 9.17) is 15.2 Å². The van der Waals surface area contributed by atoms with E-state index in [9.17, 15) is 0 Å². The number of halogens is 1. The van der Waals surface area contributed by atoms with Gasteiger partial charge in [-0.1, -0.05) is 28.8 Å². The van der Waals surface area contributed by atoms with Gasteiger partial charge in [0.05, 0.1) is 6.61 Å². The molecule has 2 unspecified atom stereocenters. The second kappa shape index (κ2) is 8.65. The number of hydrogen-bond acceptors (Lipinski definition) is 3. The lowest BCUT2D eigenvalue weighted by Gasteiger charge is -2.30. The summed E-state index contributed by atoms with van der Waals surface area (Å²) in [6, 6.07) is 7.86. The molecule has 0 saturated heterocycles. The average Bonchev–Trinajstić information content (AvgIpc) is 2.49. The van der Waals surface area contributed by atoms with Crippen LogP contribution in [0.1, 0.15) is 25.7 Å². The molecule has 1 aliphatic rings. The van der Waals surface area contributed by atoms with E-state index in [1.807, 2.05) is 24.3 Å². The highest BCUT2D eigenvalue weighted by Crippen LogP contribution is 2.29. The Morgan fingerprint density at radius 2 is 1.75 bits per heavy atom. The standard InChI is InChI=1S/C16H24BrNO2/c17-15-5-7-16(8-6-15)20-10-9-19-12-14-4-2-1-3-13(14)11-18/h5-8,13-14H,1-4,9-12,18H2. The third-order valence-corrected chi connectivity index (χ3v) is 4.54.